The maximum absolute atomic E-state index is 11.3. The summed E-state index contributed by atoms with van der Waals surface area (Å²) in [5.74, 6) is -0.857. The SMILES string of the molecule is N[C@@H](CNC(=O)CC1CCNC1)C(=O)O. The van der Waals surface area contributed by atoms with E-state index in [9.17, 15) is 9.59 Å². The van der Waals surface area contributed by atoms with Crippen LogP contribution < -0.4 is 16.4 Å². The van der Waals surface area contributed by atoms with Crippen LogP contribution in [0.1, 0.15) is 12.8 Å². The Morgan fingerprint density at radius 1 is 1.60 bits per heavy atom. The molecule has 15 heavy (non-hydrogen) atoms. The van der Waals surface area contributed by atoms with Gasteiger partial charge in [0.2, 0.25) is 5.91 Å². The average Bonchev–Trinajstić information content (AvgIpc) is 2.66. The van der Waals surface area contributed by atoms with Gasteiger partial charge in [0.15, 0.2) is 0 Å². The highest BCUT2D eigenvalue weighted by atomic mass is 16.4. The molecule has 2 atom stereocenters. The molecule has 6 heteroatoms. The molecule has 1 aliphatic heterocycles. The summed E-state index contributed by atoms with van der Waals surface area (Å²) in [5.41, 5.74) is 5.25. The summed E-state index contributed by atoms with van der Waals surface area (Å²) >= 11 is 0. The quantitative estimate of drug-likeness (QED) is 0.447. The molecule has 0 aromatic heterocycles. The Balaban J connectivity index is 2.15. The summed E-state index contributed by atoms with van der Waals surface area (Å²) in [6, 6.07) is -1.02. The van der Waals surface area contributed by atoms with Gasteiger partial charge in [-0.25, -0.2) is 0 Å². The number of aliphatic carboxylic acids is 1. The molecular formula is C9H17N3O3. The zero-order chi connectivity index (χ0) is 11.3. The molecule has 1 unspecified atom stereocenters. The number of carboxylic acid groups (broad SMARTS) is 1. The van der Waals surface area contributed by atoms with E-state index in [4.69, 9.17) is 10.8 Å². The Morgan fingerprint density at radius 3 is 2.87 bits per heavy atom. The molecular weight excluding hydrogens is 198 g/mol. The fourth-order valence-electron chi connectivity index (χ4n) is 1.53. The largest absolute Gasteiger partial charge is 0.480 e. The first-order valence-electron chi connectivity index (χ1n) is 5.05. The lowest BCUT2D eigenvalue weighted by Gasteiger charge is -2.10. The number of rotatable bonds is 5. The van der Waals surface area contributed by atoms with Gasteiger partial charge < -0.3 is 21.5 Å². The highest BCUT2D eigenvalue weighted by Gasteiger charge is 2.19. The van der Waals surface area contributed by atoms with Crippen molar-refractivity contribution in [1.82, 2.24) is 10.6 Å². The third-order valence-electron chi connectivity index (χ3n) is 2.47. The van der Waals surface area contributed by atoms with Crippen molar-refractivity contribution in [2.45, 2.75) is 18.9 Å². The van der Waals surface area contributed by atoms with E-state index in [1.807, 2.05) is 0 Å². The maximum atomic E-state index is 11.3. The van der Waals surface area contributed by atoms with Gasteiger partial charge in [-0.3, -0.25) is 9.59 Å². The highest BCUT2D eigenvalue weighted by Crippen LogP contribution is 2.11. The number of carboxylic acids is 1. The van der Waals surface area contributed by atoms with Gasteiger partial charge >= 0.3 is 5.97 Å². The second kappa shape index (κ2) is 5.67. The first-order valence-corrected chi connectivity index (χ1v) is 5.05. The Bertz CT molecular complexity index is 239. The van der Waals surface area contributed by atoms with E-state index in [0.29, 0.717) is 12.3 Å². The molecule has 86 valence electrons. The lowest BCUT2D eigenvalue weighted by molar-refractivity contribution is -0.138. The fraction of sp³-hybridized carbons (Fsp3) is 0.778. The Morgan fingerprint density at radius 2 is 2.33 bits per heavy atom. The summed E-state index contributed by atoms with van der Waals surface area (Å²) in [6.45, 7) is 1.80. The monoisotopic (exact) mass is 215 g/mol. The number of hydrogen-bond donors (Lipinski definition) is 4. The van der Waals surface area contributed by atoms with Crippen molar-refractivity contribution in [2.75, 3.05) is 19.6 Å². The van der Waals surface area contributed by atoms with Crippen LogP contribution >= 0.6 is 0 Å². The van der Waals surface area contributed by atoms with Crippen molar-refractivity contribution in [3.63, 3.8) is 0 Å². The van der Waals surface area contributed by atoms with Crippen molar-refractivity contribution >= 4 is 11.9 Å². The van der Waals surface area contributed by atoms with E-state index in [1.54, 1.807) is 0 Å². The smallest absolute Gasteiger partial charge is 0.322 e. The van der Waals surface area contributed by atoms with Crippen LogP contribution in [0, 0.1) is 5.92 Å². The van der Waals surface area contributed by atoms with Gasteiger partial charge in [0.1, 0.15) is 6.04 Å². The first-order chi connectivity index (χ1) is 7.09. The molecule has 1 rings (SSSR count). The van der Waals surface area contributed by atoms with E-state index < -0.39 is 12.0 Å². The van der Waals surface area contributed by atoms with Crippen molar-refractivity contribution in [3.05, 3.63) is 0 Å². The molecule has 0 spiro atoms. The van der Waals surface area contributed by atoms with Crippen molar-refractivity contribution in [3.8, 4) is 0 Å². The number of carbonyl (C=O) groups is 2. The van der Waals surface area contributed by atoms with Crippen molar-refractivity contribution < 1.29 is 14.7 Å². The van der Waals surface area contributed by atoms with Crippen LogP contribution in [0.5, 0.6) is 0 Å². The topological polar surface area (TPSA) is 104 Å². The van der Waals surface area contributed by atoms with Crippen LogP contribution in [-0.4, -0.2) is 42.7 Å². The van der Waals surface area contributed by atoms with Gasteiger partial charge in [-0.15, -0.1) is 0 Å². The number of nitrogens with two attached hydrogens (primary N) is 1. The summed E-state index contributed by atoms with van der Waals surface area (Å²) in [5, 5.41) is 14.2. The predicted octanol–water partition coefficient (Wildman–Crippen LogP) is -1.49. The minimum Gasteiger partial charge on any atom is -0.480 e. The van der Waals surface area contributed by atoms with E-state index >= 15 is 0 Å². The summed E-state index contributed by atoms with van der Waals surface area (Å²) in [6.07, 6.45) is 1.44. The Labute approximate surface area is 88.2 Å². The zero-order valence-electron chi connectivity index (χ0n) is 8.53. The van der Waals surface area contributed by atoms with Crippen LogP contribution in [0.4, 0.5) is 0 Å². The third kappa shape index (κ3) is 4.26. The minimum absolute atomic E-state index is 0.00564. The first kappa shape index (κ1) is 11.9. The number of carbonyl (C=O) groups excluding carboxylic acids is 1. The predicted molar refractivity (Wildman–Crippen MR) is 54.2 cm³/mol. The van der Waals surface area contributed by atoms with Gasteiger partial charge in [0, 0.05) is 13.0 Å². The van der Waals surface area contributed by atoms with Crippen molar-refractivity contribution in [2.24, 2.45) is 11.7 Å². The van der Waals surface area contributed by atoms with Crippen LogP contribution in [0.3, 0.4) is 0 Å². The molecule has 1 aliphatic rings. The second-order valence-electron chi connectivity index (χ2n) is 3.81. The normalized spacial score (nSPS) is 22.3. The van der Waals surface area contributed by atoms with Crippen molar-refractivity contribution in [1.29, 1.82) is 0 Å². The van der Waals surface area contributed by atoms with Gasteiger partial charge in [0.05, 0.1) is 0 Å². The van der Waals surface area contributed by atoms with E-state index in [1.165, 1.54) is 0 Å². The number of nitrogens with one attached hydrogen (secondary N) is 2. The fourth-order valence-corrected chi connectivity index (χ4v) is 1.53. The van der Waals surface area contributed by atoms with Gasteiger partial charge in [-0.1, -0.05) is 0 Å². The second-order valence-corrected chi connectivity index (χ2v) is 3.81. The molecule has 0 aliphatic carbocycles. The van der Waals surface area contributed by atoms with Gasteiger partial charge in [-0.2, -0.15) is 0 Å². The minimum atomic E-state index is -1.10. The third-order valence-corrected chi connectivity index (χ3v) is 2.47. The molecule has 1 amide bonds. The molecule has 1 heterocycles. The van der Waals surface area contributed by atoms with E-state index in [2.05, 4.69) is 10.6 Å². The standard InChI is InChI=1S/C9H17N3O3/c10-7(9(14)15)5-12-8(13)3-6-1-2-11-4-6/h6-7,11H,1-5,10H2,(H,12,13)(H,14,15)/t6?,7-/m0/s1. The van der Waals surface area contributed by atoms with Crippen LogP contribution in [-0.2, 0) is 9.59 Å². The molecule has 5 N–H and O–H groups in total. The lowest BCUT2D eigenvalue weighted by atomic mass is 10.0. The molecule has 0 bridgehead atoms. The van der Waals surface area contributed by atoms with E-state index in [0.717, 1.165) is 19.5 Å². The molecule has 0 aromatic carbocycles. The van der Waals surface area contributed by atoms with Gasteiger partial charge in [0.25, 0.3) is 0 Å². The van der Waals surface area contributed by atoms with E-state index in [-0.39, 0.29) is 12.5 Å². The van der Waals surface area contributed by atoms with Crippen LogP contribution in [0.2, 0.25) is 0 Å². The molecule has 0 aromatic rings. The molecule has 6 nitrogen and oxygen atoms in total. The zero-order valence-corrected chi connectivity index (χ0v) is 8.53. The number of hydrogen-bond acceptors (Lipinski definition) is 4. The van der Waals surface area contributed by atoms with Crippen LogP contribution in [0.25, 0.3) is 0 Å². The average molecular weight is 215 g/mol. The maximum Gasteiger partial charge on any atom is 0.322 e. The van der Waals surface area contributed by atoms with Gasteiger partial charge in [-0.05, 0) is 25.4 Å². The summed E-state index contributed by atoms with van der Waals surface area (Å²) in [4.78, 5) is 21.7. The summed E-state index contributed by atoms with van der Waals surface area (Å²) < 4.78 is 0. The van der Waals surface area contributed by atoms with Crippen LogP contribution in [0.15, 0.2) is 0 Å². The Hall–Kier alpha value is -1.14. The lowest BCUT2D eigenvalue weighted by Crippen LogP contribution is -2.42. The molecule has 1 saturated heterocycles. The molecule has 1 fully saturated rings. The number of amides is 1. The molecule has 0 radical (unpaired) electrons. The Kier molecular flexibility index (Phi) is 4.51. The summed E-state index contributed by atoms with van der Waals surface area (Å²) in [7, 11) is 0. The highest BCUT2D eigenvalue weighted by molar-refractivity contribution is 5.78. The molecule has 0 saturated carbocycles.